The van der Waals surface area contributed by atoms with Crippen molar-refractivity contribution in [1.82, 2.24) is 9.78 Å². The summed E-state index contributed by atoms with van der Waals surface area (Å²) in [7, 11) is 0. The first-order valence-electron chi connectivity index (χ1n) is 6.91. The molecule has 1 heterocycles. The molecule has 0 unspecified atom stereocenters. The number of rotatable bonds is 1. The zero-order chi connectivity index (χ0) is 15.1. The normalized spacial score (nSPS) is 12.2. The number of aryl methyl sites for hydroxylation is 1. The second-order valence-electron chi connectivity index (χ2n) is 6.45. The monoisotopic (exact) mass is 274 g/mol. The van der Waals surface area contributed by atoms with Crippen LogP contribution in [0.15, 0.2) is 18.2 Å². The summed E-state index contributed by atoms with van der Waals surface area (Å²) in [5, 5.41) is 5.47. The summed E-state index contributed by atoms with van der Waals surface area (Å²) < 4.78 is 6.80. The molecular formula is C16H22N2O2. The number of hydrogen-bond acceptors (Lipinski definition) is 3. The van der Waals surface area contributed by atoms with Crippen LogP contribution in [0.1, 0.15) is 51.8 Å². The number of benzene rings is 1. The van der Waals surface area contributed by atoms with E-state index in [1.54, 1.807) is 0 Å². The van der Waals surface area contributed by atoms with Crippen molar-refractivity contribution in [2.75, 3.05) is 0 Å². The molecule has 0 N–H and O–H groups in total. The Morgan fingerprint density at radius 3 is 2.50 bits per heavy atom. The first kappa shape index (κ1) is 14.6. The number of aromatic nitrogens is 2. The SMILES string of the molecule is Cc1ccc2c(C(C)C)nn(C(=O)OC(C)(C)C)c2c1. The van der Waals surface area contributed by atoms with Crippen molar-refractivity contribution < 1.29 is 9.53 Å². The van der Waals surface area contributed by atoms with Gasteiger partial charge in [-0.25, -0.2) is 4.79 Å². The molecule has 1 aromatic heterocycles. The fraction of sp³-hybridized carbons (Fsp3) is 0.500. The van der Waals surface area contributed by atoms with E-state index in [2.05, 4.69) is 18.9 Å². The minimum Gasteiger partial charge on any atom is -0.442 e. The summed E-state index contributed by atoms with van der Waals surface area (Å²) in [6.07, 6.45) is -0.431. The molecule has 0 aliphatic carbocycles. The van der Waals surface area contributed by atoms with Crippen LogP contribution in [0.5, 0.6) is 0 Å². The molecule has 4 nitrogen and oxygen atoms in total. The molecule has 108 valence electrons. The maximum atomic E-state index is 12.3. The Labute approximate surface area is 119 Å². The number of carbonyl (C=O) groups is 1. The van der Waals surface area contributed by atoms with Crippen LogP contribution in [0.25, 0.3) is 10.9 Å². The number of carbonyl (C=O) groups excluding carboxylic acids is 1. The number of nitrogens with zero attached hydrogens (tertiary/aromatic N) is 2. The zero-order valence-electron chi connectivity index (χ0n) is 13.0. The van der Waals surface area contributed by atoms with E-state index in [1.807, 2.05) is 45.9 Å². The van der Waals surface area contributed by atoms with Gasteiger partial charge in [0, 0.05) is 5.39 Å². The summed E-state index contributed by atoms with van der Waals surface area (Å²) in [6.45, 7) is 11.7. The van der Waals surface area contributed by atoms with Crippen LogP contribution in [-0.4, -0.2) is 21.5 Å². The molecule has 0 bridgehead atoms. The summed E-state index contributed by atoms with van der Waals surface area (Å²) in [6, 6.07) is 6.03. The Hall–Kier alpha value is -1.84. The average molecular weight is 274 g/mol. The van der Waals surface area contributed by atoms with Gasteiger partial charge in [0.2, 0.25) is 0 Å². The lowest BCUT2D eigenvalue weighted by molar-refractivity contribution is 0.0522. The lowest BCUT2D eigenvalue weighted by Gasteiger charge is -2.19. The molecule has 2 rings (SSSR count). The molecule has 0 spiro atoms. The van der Waals surface area contributed by atoms with Gasteiger partial charge < -0.3 is 4.74 Å². The van der Waals surface area contributed by atoms with Crippen LogP contribution in [0.4, 0.5) is 4.79 Å². The molecule has 2 aromatic rings. The Balaban J connectivity index is 2.58. The van der Waals surface area contributed by atoms with Crippen molar-refractivity contribution in [1.29, 1.82) is 0 Å². The molecule has 0 aliphatic heterocycles. The largest absolute Gasteiger partial charge is 0.442 e. The van der Waals surface area contributed by atoms with Crippen LogP contribution < -0.4 is 0 Å². The van der Waals surface area contributed by atoms with E-state index in [9.17, 15) is 4.79 Å². The molecule has 0 saturated heterocycles. The van der Waals surface area contributed by atoms with Crippen molar-refractivity contribution in [3.05, 3.63) is 29.5 Å². The highest BCUT2D eigenvalue weighted by Crippen LogP contribution is 2.26. The third kappa shape index (κ3) is 2.84. The van der Waals surface area contributed by atoms with Gasteiger partial charge in [-0.1, -0.05) is 26.0 Å². The molecule has 0 fully saturated rings. The third-order valence-electron chi connectivity index (χ3n) is 2.98. The van der Waals surface area contributed by atoms with Crippen LogP contribution >= 0.6 is 0 Å². The molecule has 20 heavy (non-hydrogen) atoms. The second-order valence-corrected chi connectivity index (χ2v) is 6.45. The Bertz CT molecular complexity index is 648. The van der Waals surface area contributed by atoms with Crippen molar-refractivity contribution in [3.63, 3.8) is 0 Å². The highest BCUT2D eigenvalue weighted by atomic mass is 16.6. The van der Waals surface area contributed by atoms with Crippen LogP contribution in [0.3, 0.4) is 0 Å². The molecule has 4 heteroatoms. The number of fused-ring (bicyclic) bond motifs is 1. The molecule has 0 saturated carbocycles. The maximum Gasteiger partial charge on any atom is 0.435 e. The summed E-state index contributed by atoms with van der Waals surface area (Å²) in [4.78, 5) is 12.3. The van der Waals surface area contributed by atoms with Gasteiger partial charge in [-0.15, -0.1) is 0 Å². The summed E-state index contributed by atoms with van der Waals surface area (Å²) >= 11 is 0. The zero-order valence-corrected chi connectivity index (χ0v) is 13.0. The molecule has 0 atom stereocenters. The minimum absolute atomic E-state index is 0.254. The van der Waals surface area contributed by atoms with Crippen LogP contribution in [0.2, 0.25) is 0 Å². The van der Waals surface area contributed by atoms with Gasteiger partial charge >= 0.3 is 6.09 Å². The van der Waals surface area contributed by atoms with Gasteiger partial charge in [0.15, 0.2) is 0 Å². The van der Waals surface area contributed by atoms with Gasteiger partial charge in [-0.2, -0.15) is 9.78 Å². The van der Waals surface area contributed by atoms with Gasteiger partial charge in [0.05, 0.1) is 11.2 Å². The van der Waals surface area contributed by atoms with E-state index in [0.717, 1.165) is 22.2 Å². The van der Waals surface area contributed by atoms with E-state index in [-0.39, 0.29) is 5.92 Å². The fourth-order valence-corrected chi connectivity index (χ4v) is 2.12. The smallest absolute Gasteiger partial charge is 0.435 e. The highest BCUT2D eigenvalue weighted by Gasteiger charge is 2.22. The molecule has 0 radical (unpaired) electrons. The van der Waals surface area contributed by atoms with Crippen LogP contribution in [-0.2, 0) is 4.74 Å². The first-order chi connectivity index (χ1) is 9.19. The van der Waals surface area contributed by atoms with Crippen molar-refractivity contribution in [3.8, 4) is 0 Å². The molecule has 0 amide bonds. The lowest BCUT2D eigenvalue weighted by Crippen LogP contribution is -2.27. The third-order valence-corrected chi connectivity index (χ3v) is 2.98. The Morgan fingerprint density at radius 2 is 1.95 bits per heavy atom. The fourth-order valence-electron chi connectivity index (χ4n) is 2.12. The number of ether oxygens (including phenoxy) is 1. The highest BCUT2D eigenvalue weighted by molar-refractivity contribution is 5.90. The van der Waals surface area contributed by atoms with E-state index in [1.165, 1.54) is 4.68 Å². The topological polar surface area (TPSA) is 44.1 Å². The number of hydrogen-bond donors (Lipinski definition) is 0. The standard InChI is InChI=1S/C16H22N2O2/c1-10(2)14-12-8-7-11(3)9-13(12)18(17-14)15(19)20-16(4,5)6/h7-10H,1-6H3. The summed E-state index contributed by atoms with van der Waals surface area (Å²) in [5.41, 5.74) is 2.29. The van der Waals surface area contributed by atoms with Crippen molar-refractivity contribution >= 4 is 17.0 Å². The lowest BCUT2D eigenvalue weighted by atomic mass is 10.1. The van der Waals surface area contributed by atoms with Crippen molar-refractivity contribution in [2.45, 2.75) is 53.1 Å². The minimum atomic E-state index is -0.531. The van der Waals surface area contributed by atoms with Crippen molar-refractivity contribution in [2.24, 2.45) is 0 Å². The van der Waals surface area contributed by atoms with E-state index >= 15 is 0 Å². The van der Waals surface area contributed by atoms with E-state index in [0.29, 0.717) is 0 Å². The second kappa shape index (κ2) is 4.93. The maximum absolute atomic E-state index is 12.3. The van der Waals surface area contributed by atoms with Gasteiger partial charge in [-0.05, 0) is 45.2 Å². The Morgan fingerprint density at radius 1 is 1.30 bits per heavy atom. The average Bonchev–Trinajstić information content (AvgIpc) is 2.65. The quantitative estimate of drug-likeness (QED) is 0.780. The van der Waals surface area contributed by atoms with Gasteiger partial charge in [0.1, 0.15) is 5.60 Å². The van der Waals surface area contributed by atoms with Gasteiger partial charge in [-0.3, -0.25) is 0 Å². The Kier molecular flexibility index (Phi) is 3.59. The van der Waals surface area contributed by atoms with E-state index in [4.69, 9.17) is 4.74 Å². The van der Waals surface area contributed by atoms with Crippen LogP contribution in [0, 0.1) is 6.92 Å². The molecule has 0 aliphatic rings. The summed E-state index contributed by atoms with van der Waals surface area (Å²) in [5.74, 6) is 0.254. The van der Waals surface area contributed by atoms with Gasteiger partial charge in [0.25, 0.3) is 0 Å². The predicted molar refractivity (Wildman–Crippen MR) is 80.2 cm³/mol. The molecule has 1 aromatic carbocycles. The molecular weight excluding hydrogens is 252 g/mol. The van der Waals surface area contributed by atoms with E-state index < -0.39 is 11.7 Å². The predicted octanol–water partition coefficient (Wildman–Crippen LogP) is 4.25. The first-order valence-corrected chi connectivity index (χ1v) is 6.91.